The normalized spacial score (nSPS) is 15.7. The lowest BCUT2D eigenvalue weighted by Gasteiger charge is -2.27. The molecular formula is C15H21N5O3. The molecule has 0 saturated carbocycles. The van der Waals surface area contributed by atoms with Gasteiger partial charge in [-0.1, -0.05) is 5.16 Å². The van der Waals surface area contributed by atoms with Gasteiger partial charge >= 0.3 is 0 Å². The third-order valence-electron chi connectivity index (χ3n) is 3.74. The van der Waals surface area contributed by atoms with Crippen LogP contribution in [0.3, 0.4) is 0 Å². The lowest BCUT2D eigenvalue weighted by atomic mass is 10.3. The Bertz CT molecular complexity index is 604. The number of piperazine rings is 1. The minimum Gasteiger partial charge on any atom is -0.461 e. The standard InChI is InChI=1S/C15H21N5O3/c21-13(17-7-10-20-8-5-16-6-9-20)3-4-14-18-15(19-23-14)12-2-1-11-22-12/h1-2,11,16H,3-10H2,(H,17,21). The summed E-state index contributed by atoms with van der Waals surface area (Å²) in [5.41, 5.74) is 0. The Morgan fingerprint density at radius 3 is 3.04 bits per heavy atom. The van der Waals surface area contributed by atoms with E-state index in [4.69, 9.17) is 8.94 Å². The third kappa shape index (κ3) is 4.64. The van der Waals surface area contributed by atoms with E-state index in [1.54, 1.807) is 18.4 Å². The molecule has 3 rings (SSSR count). The zero-order chi connectivity index (χ0) is 15.9. The molecule has 8 heteroatoms. The Morgan fingerprint density at radius 1 is 1.39 bits per heavy atom. The summed E-state index contributed by atoms with van der Waals surface area (Å²) >= 11 is 0. The van der Waals surface area contributed by atoms with Crippen LogP contribution >= 0.6 is 0 Å². The van der Waals surface area contributed by atoms with Gasteiger partial charge in [-0.25, -0.2) is 0 Å². The molecule has 1 aliphatic rings. The lowest BCUT2D eigenvalue weighted by molar-refractivity contribution is -0.121. The van der Waals surface area contributed by atoms with Crippen LogP contribution in [0.1, 0.15) is 12.3 Å². The number of carbonyl (C=O) groups is 1. The van der Waals surface area contributed by atoms with Crippen LogP contribution in [0.25, 0.3) is 11.6 Å². The summed E-state index contributed by atoms with van der Waals surface area (Å²) < 4.78 is 10.3. The summed E-state index contributed by atoms with van der Waals surface area (Å²) in [6.07, 6.45) is 2.31. The largest absolute Gasteiger partial charge is 0.461 e. The molecule has 3 heterocycles. The van der Waals surface area contributed by atoms with E-state index in [0.29, 0.717) is 36.9 Å². The third-order valence-corrected chi connectivity index (χ3v) is 3.74. The van der Waals surface area contributed by atoms with Gasteiger partial charge in [0.1, 0.15) is 0 Å². The van der Waals surface area contributed by atoms with Crippen LogP contribution in [0.2, 0.25) is 0 Å². The maximum Gasteiger partial charge on any atom is 0.238 e. The van der Waals surface area contributed by atoms with Crippen LogP contribution in [-0.2, 0) is 11.2 Å². The number of rotatable bonds is 7. The second-order valence-corrected chi connectivity index (χ2v) is 5.43. The number of hydrogen-bond acceptors (Lipinski definition) is 7. The van der Waals surface area contributed by atoms with E-state index in [2.05, 4.69) is 25.7 Å². The first-order chi connectivity index (χ1) is 11.3. The van der Waals surface area contributed by atoms with Crippen molar-refractivity contribution in [1.82, 2.24) is 25.7 Å². The smallest absolute Gasteiger partial charge is 0.238 e. The molecule has 23 heavy (non-hydrogen) atoms. The van der Waals surface area contributed by atoms with Crippen LogP contribution in [0.4, 0.5) is 0 Å². The van der Waals surface area contributed by atoms with Crippen molar-refractivity contribution >= 4 is 5.91 Å². The van der Waals surface area contributed by atoms with Crippen LogP contribution < -0.4 is 10.6 Å². The monoisotopic (exact) mass is 319 g/mol. The summed E-state index contributed by atoms with van der Waals surface area (Å²) in [7, 11) is 0. The van der Waals surface area contributed by atoms with Crippen LogP contribution in [0, 0.1) is 0 Å². The quantitative estimate of drug-likeness (QED) is 0.757. The summed E-state index contributed by atoms with van der Waals surface area (Å²) in [6, 6.07) is 3.52. The van der Waals surface area contributed by atoms with E-state index in [1.165, 1.54) is 0 Å². The van der Waals surface area contributed by atoms with Crippen molar-refractivity contribution in [3.8, 4) is 11.6 Å². The Morgan fingerprint density at radius 2 is 2.26 bits per heavy atom. The van der Waals surface area contributed by atoms with E-state index in [1.807, 2.05) is 0 Å². The van der Waals surface area contributed by atoms with E-state index in [9.17, 15) is 4.79 Å². The van der Waals surface area contributed by atoms with Crippen LogP contribution in [0.15, 0.2) is 27.3 Å². The van der Waals surface area contributed by atoms with Crippen molar-refractivity contribution in [2.45, 2.75) is 12.8 Å². The molecule has 2 aromatic heterocycles. The highest BCUT2D eigenvalue weighted by Gasteiger charge is 2.13. The molecule has 0 spiro atoms. The molecule has 0 bridgehead atoms. The zero-order valence-electron chi connectivity index (χ0n) is 13.0. The molecule has 8 nitrogen and oxygen atoms in total. The van der Waals surface area contributed by atoms with Gasteiger partial charge in [0.15, 0.2) is 5.76 Å². The zero-order valence-corrected chi connectivity index (χ0v) is 13.0. The Kier molecular flexibility index (Phi) is 5.38. The Balaban J connectivity index is 1.35. The van der Waals surface area contributed by atoms with Crippen molar-refractivity contribution in [3.63, 3.8) is 0 Å². The second kappa shape index (κ2) is 7.89. The van der Waals surface area contributed by atoms with Gasteiger partial charge in [0.05, 0.1) is 6.26 Å². The molecule has 0 radical (unpaired) electrons. The average Bonchev–Trinajstić information content (AvgIpc) is 3.25. The fraction of sp³-hybridized carbons (Fsp3) is 0.533. The number of hydrogen-bond donors (Lipinski definition) is 2. The second-order valence-electron chi connectivity index (χ2n) is 5.43. The van der Waals surface area contributed by atoms with Crippen LogP contribution in [-0.4, -0.2) is 60.2 Å². The number of nitrogens with one attached hydrogen (secondary N) is 2. The molecule has 0 aromatic carbocycles. The minimum atomic E-state index is -0.00196. The molecule has 0 atom stereocenters. The summed E-state index contributed by atoms with van der Waals surface area (Å²) in [5, 5.41) is 10.1. The van der Waals surface area contributed by atoms with Gasteiger partial charge in [-0.15, -0.1) is 0 Å². The van der Waals surface area contributed by atoms with Gasteiger partial charge in [0, 0.05) is 52.1 Å². The molecule has 1 aliphatic heterocycles. The topological polar surface area (TPSA) is 96.4 Å². The molecule has 1 amide bonds. The number of furan rings is 1. The first kappa shape index (κ1) is 15.7. The number of aromatic nitrogens is 2. The van der Waals surface area contributed by atoms with E-state index < -0.39 is 0 Å². The predicted molar refractivity (Wildman–Crippen MR) is 82.6 cm³/mol. The van der Waals surface area contributed by atoms with E-state index in [0.717, 1.165) is 32.7 Å². The summed E-state index contributed by atoms with van der Waals surface area (Å²) in [6.45, 7) is 5.66. The Labute approximate surface area is 134 Å². The molecule has 2 aromatic rings. The fourth-order valence-electron chi connectivity index (χ4n) is 2.46. The molecular weight excluding hydrogens is 298 g/mol. The molecule has 124 valence electrons. The fourth-order valence-corrected chi connectivity index (χ4v) is 2.46. The number of carbonyl (C=O) groups excluding carboxylic acids is 1. The maximum absolute atomic E-state index is 11.8. The first-order valence-electron chi connectivity index (χ1n) is 7.87. The lowest BCUT2D eigenvalue weighted by Crippen LogP contribution is -2.46. The van der Waals surface area contributed by atoms with Gasteiger partial charge in [0.2, 0.25) is 17.6 Å². The number of aryl methyl sites for hydroxylation is 1. The molecule has 0 aliphatic carbocycles. The van der Waals surface area contributed by atoms with Gasteiger partial charge in [-0.3, -0.25) is 9.69 Å². The van der Waals surface area contributed by atoms with Crippen molar-refractivity contribution in [3.05, 3.63) is 24.3 Å². The van der Waals surface area contributed by atoms with Gasteiger partial charge in [-0.05, 0) is 12.1 Å². The first-order valence-corrected chi connectivity index (χ1v) is 7.87. The predicted octanol–water partition coefficient (Wildman–Crippen LogP) is 0.284. The van der Waals surface area contributed by atoms with Gasteiger partial charge in [0.25, 0.3) is 0 Å². The van der Waals surface area contributed by atoms with Crippen molar-refractivity contribution < 1.29 is 13.7 Å². The summed E-state index contributed by atoms with van der Waals surface area (Å²) in [5.74, 6) is 1.40. The highest BCUT2D eigenvalue weighted by atomic mass is 16.5. The average molecular weight is 319 g/mol. The van der Waals surface area contributed by atoms with Gasteiger partial charge in [-0.2, -0.15) is 4.98 Å². The summed E-state index contributed by atoms with van der Waals surface area (Å²) in [4.78, 5) is 18.4. The van der Waals surface area contributed by atoms with Crippen molar-refractivity contribution in [2.75, 3.05) is 39.3 Å². The number of nitrogens with zero attached hydrogens (tertiary/aromatic N) is 3. The van der Waals surface area contributed by atoms with E-state index in [-0.39, 0.29) is 5.91 Å². The highest BCUT2D eigenvalue weighted by molar-refractivity contribution is 5.76. The molecule has 1 fully saturated rings. The van der Waals surface area contributed by atoms with Crippen molar-refractivity contribution in [2.24, 2.45) is 0 Å². The minimum absolute atomic E-state index is 0.00196. The van der Waals surface area contributed by atoms with Crippen LogP contribution in [0.5, 0.6) is 0 Å². The van der Waals surface area contributed by atoms with Crippen molar-refractivity contribution in [1.29, 1.82) is 0 Å². The Hall–Kier alpha value is -2.19. The van der Waals surface area contributed by atoms with Gasteiger partial charge < -0.3 is 19.6 Å². The van der Waals surface area contributed by atoms with E-state index >= 15 is 0 Å². The molecule has 0 unspecified atom stereocenters. The maximum atomic E-state index is 11.8. The molecule has 1 saturated heterocycles. The highest BCUT2D eigenvalue weighted by Crippen LogP contribution is 2.16. The number of amides is 1. The molecule has 2 N–H and O–H groups in total. The SMILES string of the molecule is O=C(CCc1nc(-c2ccco2)no1)NCCN1CCNCC1.